The molecule has 0 N–H and O–H groups in total. The third-order valence-electron chi connectivity index (χ3n) is 4.49. The van der Waals surface area contributed by atoms with Gasteiger partial charge in [-0.15, -0.1) is 11.6 Å². The molecule has 0 spiro atoms. The second kappa shape index (κ2) is 8.90. The Morgan fingerprint density at radius 1 is 1.30 bits per heavy atom. The van der Waals surface area contributed by atoms with Crippen LogP contribution in [-0.4, -0.2) is 35.9 Å². The predicted molar refractivity (Wildman–Crippen MR) is 90.1 cm³/mol. The number of hydrogen-bond donors (Lipinski definition) is 0. The van der Waals surface area contributed by atoms with Crippen LogP contribution < -0.4 is 0 Å². The molecule has 23 heavy (non-hydrogen) atoms. The number of rotatable bonds is 5. The van der Waals surface area contributed by atoms with E-state index < -0.39 is 0 Å². The third-order valence-corrected chi connectivity index (χ3v) is 4.72. The Morgan fingerprint density at radius 2 is 2.00 bits per heavy atom. The number of benzene rings is 1. The zero-order chi connectivity index (χ0) is 16.7. The van der Waals surface area contributed by atoms with E-state index in [-0.39, 0.29) is 23.9 Å². The second-order valence-electron chi connectivity index (χ2n) is 5.94. The van der Waals surface area contributed by atoms with Gasteiger partial charge in [0.05, 0.1) is 23.8 Å². The van der Waals surface area contributed by atoms with Gasteiger partial charge in [0.15, 0.2) is 0 Å². The number of nitrogens with zero attached hydrogens (tertiary/aromatic N) is 2. The maximum atomic E-state index is 12.4. The van der Waals surface area contributed by atoms with Gasteiger partial charge in [-0.2, -0.15) is 5.26 Å². The summed E-state index contributed by atoms with van der Waals surface area (Å²) in [5.41, 5.74) is 1.62. The minimum Gasteiger partial charge on any atom is -0.379 e. The van der Waals surface area contributed by atoms with Crippen molar-refractivity contribution in [3.05, 3.63) is 35.4 Å². The fraction of sp³-hybridized carbons (Fsp3) is 0.556. The fourth-order valence-corrected chi connectivity index (χ4v) is 3.39. The van der Waals surface area contributed by atoms with Gasteiger partial charge >= 0.3 is 0 Å². The quantitative estimate of drug-likeness (QED) is 0.612. The van der Waals surface area contributed by atoms with Gasteiger partial charge in [-0.25, -0.2) is 0 Å². The average Bonchev–Trinajstić information content (AvgIpc) is 2.84. The van der Waals surface area contributed by atoms with Crippen LogP contribution in [0.4, 0.5) is 0 Å². The summed E-state index contributed by atoms with van der Waals surface area (Å²) in [6.45, 7) is 0.502. The molecule has 0 aromatic heterocycles. The van der Waals surface area contributed by atoms with Crippen LogP contribution in [0.15, 0.2) is 24.3 Å². The summed E-state index contributed by atoms with van der Waals surface area (Å²) < 4.78 is 5.65. The van der Waals surface area contributed by atoms with Crippen molar-refractivity contribution in [2.45, 2.75) is 50.8 Å². The molecular formula is C18H23ClN2O2. The third kappa shape index (κ3) is 4.70. The first kappa shape index (κ1) is 17.8. The maximum absolute atomic E-state index is 12.4. The minimum absolute atomic E-state index is 0.0246. The average molecular weight is 335 g/mol. The van der Waals surface area contributed by atoms with Crippen LogP contribution in [0.1, 0.15) is 43.2 Å². The summed E-state index contributed by atoms with van der Waals surface area (Å²) in [4.78, 5) is 14.3. The van der Waals surface area contributed by atoms with Crippen LogP contribution in [0.5, 0.6) is 0 Å². The number of hydrogen-bond acceptors (Lipinski definition) is 3. The molecule has 0 radical (unpaired) electrons. The summed E-state index contributed by atoms with van der Waals surface area (Å²) in [7, 11) is 1.72. The van der Waals surface area contributed by atoms with Crippen LogP contribution in [0.25, 0.3) is 0 Å². The van der Waals surface area contributed by atoms with Crippen molar-refractivity contribution in [3.8, 4) is 6.07 Å². The van der Waals surface area contributed by atoms with Gasteiger partial charge < -0.3 is 9.64 Å². The molecule has 1 amide bonds. The van der Waals surface area contributed by atoms with Gasteiger partial charge in [0.2, 0.25) is 5.91 Å². The summed E-state index contributed by atoms with van der Waals surface area (Å²) in [6.07, 6.45) is 5.38. The predicted octanol–water partition coefficient (Wildman–Crippen LogP) is 3.47. The molecule has 1 aromatic carbocycles. The minimum atomic E-state index is -0.0648. The van der Waals surface area contributed by atoms with Crippen molar-refractivity contribution < 1.29 is 9.53 Å². The number of alkyl halides is 1. The topological polar surface area (TPSA) is 53.3 Å². The molecule has 0 aliphatic heterocycles. The molecule has 0 bridgehead atoms. The Bertz CT molecular complexity index is 553. The summed E-state index contributed by atoms with van der Waals surface area (Å²) in [6, 6.07) is 9.51. The van der Waals surface area contributed by atoms with E-state index in [0.717, 1.165) is 31.2 Å². The van der Waals surface area contributed by atoms with Crippen LogP contribution in [0.3, 0.4) is 0 Å². The van der Waals surface area contributed by atoms with Crippen molar-refractivity contribution >= 4 is 17.5 Å². The Balaban J connectivity index is 2.20. The van der Waals surface area contributed by atoms with E-state index >= 15 is 0 Å². The number of ether oxygens (including phenoxy) is 1. The lowest BCUT2D eigenvalue weighted by Gasteiger charge is -2.35. The zero-order valence-electron chi connectivity index (χ0n) is 13.5. The highest BCUT2D eigenvalue weighted by molar-refractivity contribution is 6.27. The monoisotopic (exact) mass is 334 g/mol. The molecule has 0 saturated heterocycles. The SMILES string of the molecule is CO[C@@H]1CCCCC[C@H]1N(Cc1ccc(C#N)cc1)C(=O)CCl. The molecule has 1 aliphatic carbocycles. The van der Waals surface area contributed by atoms with E-state index in [1.165, 1.54) is 6.42 Å². The van der Waals surface area contributed by atoms with E-state index in [2.05, 4.69) is 6.07 Å². The Kier molecular flexibility index (Phi) is 6.88. The fourth-order valence-electron chi connectivity index (χ4n) is 3.23. The van der Waals surface area contributed by atoms with Crippen molar-refractivity contribution in [2.75, 3.05) is 13.0 Å². The first-order valence-electron chi connectivity index (χ1n) is 8.07. The van der Waals surface area contributed by atoms with Crippen molar-refractivity contribution in [2.24, 2.45) is 0 Å². The lowest BCUT2D eigenvalue weighted by atomic mass is 10.0. The Labute approximate surface area is 143 Å². The standard InChI is InChI=1S/C18H23ClN2O2/c1-23-17-6-4-2-3-5-16(17)21(18(22)11-19)13-15-9-7-14(12-20)8-10-15/h7-10,16-17H,2-6,11,13H2,1H3/t16-,17-/m1/s1. The molecule has 2 atom stereocenters. The van der Waals surface area contributed by atoms with Crippen molar-refractivity contribution in [1.29, 1.82) is 5.26 Å². The lowest BCUT2D eigenvalue weighted by Crippen LogP contribution is -2.47. The number of carbonyl (C=O) groups excluding carboxylic acids is 1. The number of amides is 1. The van der Waals surface area contributed by atoms with Crippen LogP contribution in [-0.2, 0) is 16.1 Å². The molecule has 1 aromatic rings. The van der Waals surface area contributed by atoms with Crippen molar-refractivity contribution in [1.82, 2.24) is 4.90 Å². The molecule has 0 unspecified atom stereocenters. The summed E-state index contributed by atoms with van der Waals surface area (Å²) >= 11 is 5.84. The summed E-state index contributed by atoms with van der Waals surface area (Å²) in [5, 5.41) is 8.89. The van der Waals surface area contributed by atoms with E-state index in [4.69, 9.17) is 21.6 Å². The number of carbonyl (C=O) groups is 1. The maximum Gasteiger partial charge on any atom is 0.238 e. The lowest BCUT2D eigenvalue weighted by molar-refractivity contribution is -0.135. The van der Waals surface area contributed by atoms with E-state index in [1.54, 1.807) is 19.2 Å². The molecule has 2 rings (SSSR count). The number of halogens is 1. The van der Waals surface area contributed by atoms with E-state index in [9.17, 15) is 4.79 Å². The second-order valence-corrected chi connectivity index (χ2v) is 6.21. The molecule has 124 valence electrons. The first-order chi connectivity index (χ1) is 11.2. The number of nitriles is 1. The molecule has 1 fully saturated rings. The van der Waals surface area contributed by atoms with Gasteiger partial charge in [0.25, 0.3) is 0 Å². The van der Waals surface area contributed by atoms with Crippen LogP contribution in [0, 0.1) is 11.3 Å². The summed E-state index contributed by atoms with van der Waals surface area (Å²) in [5.74, 6) is -0.0894. The van der Waals surface area contributed by atoms with E-state index in [1.807, 2.05) is 17.0 Å². The molecule has 0 heterocycles. The molecule has 5 heteroatoms. The molecule has 1 aliphatic rings. The van der Waals surface area contributed by atoms with Gasteiger partial charge in [-0.3, -0.25) is 4.79 Å². The highest BCUT2D eigenvalue weighted by Crippen LogP contribution is 2.26. The molecule has 4 nitrogen and oxygen atoms in total. The highest BCUT2D eigenvalue weighted by atomic mass is 35.5. The first-order valence-corrected chi connectivity index (χ1v) is 8.60. The zero-order valence-corrected chi connectivity index (χ0v) is 14.3. The number of methoxy groups -OCH3 is 1. The Hall–Kier alpha value is -1.57. The van der Waals surface area contributed by atoms with E-state index in [0.29, 0.717) is 12.1 Å². The Morgan fingerprint density at radius 3 is 2.61 bits per heavy atom. The highest BCUT2D eigenvalue weighted by Gasteiger charge is 2.31. The van der Waals surface area contributed by atoms with Gasteiger partial charge in [0, 0.05) is 13.7 Å². The van der Waals surface area contributed by atoms with Gasteiger partial charge in [-0.05, 0) is 30.5 Å². The molecule has 1 saturated carbocycles. The molecular weight excluding hydrogens is 312 g/mol. The normalized spacial score (nSPS) is 21.3. The van der Waals surface area contributed by atoms with Crippen molar-refractivity contribution in [3.63, 3.8) is 0 Å². The van der Waals surface area contributed by atoms with Gasteiger partial charge in [0.1, 0.15) is 5.88 Å². The van der Waals surface area contributed by atoms with Crippen LogP contribution >= 0.6 is 11.6 Å². The van der Waals surface area contributed by atoms with Gasteiger partial charge in [-0.1, -0.05) is 31.4 Å². The van der Waals surface area contributed by atoms with Crippen LogP contribution in [0.2, 0.25) is 0 Å². The smallest absolute Gasteiger partial charge is 0.238 e. The largest absolute Gasteiger partial charge is 0.379 e.